The van der Waals surface area contributed by atoms with Gasteiger partial charge in [0.25, 0.3) is 0 Å². The van der Waals surface area contributed by atoms with Crippen molar-refractivity contribution in [3.8, 4) is 0 Å². The van der Waals surface area contributed by atoms with Gasteiger partial charge < -0.3 is 5.32 Å². The van der Waals surface area contributed by atoms with Crippen LogP contribution in [0.2, 0.25) is 0 Å². The van der Waals surface area contributed by atoms with Crippen molar-refractivity contribution in [2.24, 2.45) is 0 Å². The minimum absolute atomic E-state index is 0.0119. The Morgan fingerprint density at radius 3 is 2.67 bits per heavy atom. The summed E-state index contributed by atoms with van der Waals surface area (Å²) in [7, 11) is 0. The molecule has 0 heterocycles. The van der Waals surface area contributed by atoms with Gasteiger partial charge in [0, 0.05) is 6.04 Å². The van der Waals surface area contributed by atoms with Gasteiger partial charge in [-0.3, -0.25) is 4.79 Å². The van der Waals surface area contributed by atoms with Crippen LogP contribution in [-0.4, -0.2) is 18.4 Å². The van der Waals surface area contributed by atoms with Crippen molar-refractivity contribution >= 4 is 5.78 Å². The third-order valence-electron chi connectivity index (χ3n) is 1.90. The molecular formula is C11H13F2NO. The summed E-state index contributed by atoms with van der Waals surface area (Å²) < 4.78 is 25.9. The number of ketones is 1. The quantitative estimate of drug-likeness (QED) is 0.776. The van der Waals surface area contributed by atoms with Crippen LogP contribution in [0.3, 0.4) is 0 Å². The van der Waals surface area contributed by atoms with E-state index in [0.717, 1.165) is 18.2 Å². The Balaban J connectivity index is 2.77. The molecule has 0 bridgehead atoms. The molecule has 0 fully saturated rings. The molecule has 0 aliphatic rings. The molecule has 1 N–H and O–H groups in total. The van der Waals surface area contributed by atoms with Gasteiger partial charge >= 0.3 is 0 Å². The van der Waals surface area contributed by atoms with Crippen LogP contribution in [0, 0.1) is 11.6 Å². The molecule has 0 aliphatic heterocycles. The first-order valence-electron chi connectivity index (χ1n) is 4.72. The van der Waals surface area contributed by atoms with E-state index in [1.54, 1.807) is 0 Å². The average Bonchev–Trinajstić information content (AvgIpc) is 2.18. The molecule has 0 saturated carbocycles. The number of nitrogens with one attached hydrogen (secondary N) is 1. The van der Waals surface area contributed by atoms with Crippen LogP contribution in [0.1, 0.15) is 24.2 Å². The predicted octanol–water partition coefficient (Wildman–Crippen LogP) is 2.15. The van der Waals surface area contributed by atoms with E-state index in [2.05, 4.69) is 5.32 Å². The standard InChI is InChI=1S/C11H13F2NO/c1-7(2)14-6-11(15)9-5-8(12)3-4-10(9)13/h3-5,7,14H,6H2,1-2H3. The van der Waals surface area contributed by atoms with E-state index in [-0.39, 0.29) is 18.2 Å². The summed E-state index contributed by atoms with van der Waals surface area (Å²) in [5.74, 6) is -1.74. The SMILES string of the molecule is CC(C)NCC(=O)c1cc(F)ccc1F. The summed E-state index contributed by atoms with van der Waals surface area (Å²) >= 11 is 0. The minimum atomic E-state index is -0.688. The third-order valence-corrected chi connectivity index (χ3v) is 1.90. The highest BCUT2D eigenvalue weighted by atomic mass is 19.1. The number of carbonyl (C=O) groups is 1. The lowest BCUT2D eigenvalue weighted by molar-refractivity contribution is 0.0984. The molecule has 1 aromatic carbocycles. The minimum Gasteiger partial charge on any atom is -0.307 e. The second-order valence-electron chi connectivity index (χ2n) is 3.58. The zero-order valence-corrected chi connectivity index (χ0v) is 8.68. The maximum atomic E-state index is 13.1. The highest BCUT2D eigenvalue weighted by Gasteiger charge is 2.12. The molecule has 0 amide bonds. The summed E-state index contributed by atoms with van der Waals surface area (Å²) in [6, 6.07) is 2.99. The van der Waals surface area contributed by atoms with Crippen LogP contribution in [0.25, 0.3) is 0 Å². The molecule has 0 saturated heterocycles. The lowest BCUT2D eigenvalue weighted by Crippen LogP contribution is -2.29. The van der Waals surface area contributed by atoms with Crippen LogP contribution in [0.5, 0.6) is 0 Å². The fourth-order valence-electron chi connectivity index (χ4n) is 1.10. The number of hydrogen-bond acceptors (Lipinski definition) is 2. The van der Waals surface area contributed by atoms with Gasteiger partial charge in [0.05, 0.1) is 12.1 Å². The Morgan fingerprint density at radius 2 is 2.07 bits per heavy atom. The van der Waals surface area contributed by atoms with Crippen LogP contribution in [0.4, 0.5) is 8.78 Å². The molecule has 0 spiro atoms. The van der Waals surface area contributed by atoms with Crippen LogP contribution >= 0.6 is 0 Å². The number of benzene rings is 1. The summed E-state index contributed by atoms with van der Waals surface area (Å²) in [6.07, 6.45) is 0. The first-order chi connectivity index (χ1) is 7.00. The summed E-state index contributed by atoms with van der Waals surface area (Å²) in [5.41, 5.74) is -0.205. The van der Waals surface area contributed by atoms with Gasteiger partial charge in [-0.25, -0.2) is 8.78 Å². The predicted molar refractivity (Wildman–Crippen MR) is 53.8 cm³/mol. The van der Waals surface area contributed by atoms with Gasteiger partial charge in [0.2, 0.25) is 0 Å². The second kappa shape index (κ2) is 4.98. The molecule has 15 heavy (non-hydrogen) atoms. The monoisotopic (exact) mass is 213 g/mol. The van der Waals surface area contributed by atoms with Crippen molar-refractivity contribution in [2.75, 3.05) is 6.54 Å². The molecular weight excluding hydrogens is 200 g/mol. The van der Waals surface area contributed by atoms with E-state index in [1.165, 1.54) is 0 Å². The molecule has 0 aliphatic carbocycles. The largest absolute Gasteiger partial charge is 0.307 e. The second-order valence-corrected chi connectivity index (χ2v) is 3.58. The number of rotatable bonds is 4. The van der Waals surface area contributed by atoms with Gasteiger partial charge in [0.1, 0.15) is 11.6 Å². The maximum Gasteiger partial charge on any atom is 0.179 e. The first-order valence-corrected chi connectivity index (χ1v) is 4.72. The van der Waals surface area contributed by atoms with Gasteiger partial charge in [0.15, 0.2) is 5.78 Å². The Labute approximate surface area is 87.3 Å². The summed E-state index contributed by atoms with van der Waals surface area (Å²) in [6.45, 7) is 3.75. The molecule has 0 aromatic heterocycles. The van der Waals surface area contributed by atoms with E-state index >= 15 is 0 Å². The molecule has 2 nitrogen and oxygen atoms in total. The maximum absolute atomic E-state index is 13.1. The number of carbonyl (C=O) groups excluding carboxylic acids is 1. The Bertz CT molecular complexity index is 364. The lowest BCUT2D eigenvalue weighted by Gasteiger charge is -2.07. The molecule has 1 aromatic rings. The Hall–Kier alpha value is -1.29. The van der Waals surface area contributed by atoms with E-state index < -0.39 is 17.4 Å². The molecule has 4 heteroatoms. The molecule has 82 valence electrons. The topological polar surface area (TPSA) is 29.1 Å². The van der Waals surface area contributed by atoms with E-state index in [1.807, 2.05) is 13.8 Å². The number of hydrogen-bond donors (Lipinski definition) is 1. The van der Waals surface area contributed by atoms with Crippen molar-refractivity contribution in [3.05, 3.63) is 35.4 Å². The molecule has 0 radical (unpaired) electrons. The van der Waals surface area contributed by atoms with E-state index in [0.29, 0.717) is 0 Å². The lowest BCUT2D eigenvalue weighted by atomic mass is 10.1. The summed E-state index contributed by atoms with van der Waals surface area (Å²) in [5, 5.41) is 2.85. The zero-order valence-electron chi connectivity index (χ0n) is 8.68. The van der Waals surface area contributed by atoms with Crippen LogP contribution in [-0.2, 0) is 0 Å². The van der Waals surface area contributed by atoms with Crippen molar-refractivity contribution < 1.29 is 13.6 Å². The molecule has 0 unspecified atom stereocenters. The smallest absolute Gasteiger partial charge is 0.179 e. The third kappa shape index (κ3) is 3.40. The van der Waals surface area contributed by atoms with Crippen LogP contribution in [0.15, 0.2) is 18.2 Å². The Morgan fingerprint density at radius 1 is 1.40 bits per heavy atom. The first kappa shape index (κ1) is 11.8. The van der Waals surface area contributed by atoms with E-state index in [9.17, 15) is 13.6 Å². The number of Topliss-reactive ketones (excluding diaryl/α,β-unsaturated/α-hetero) is 1. The molecule has 0 atom stereocenters. The van der Waals surface area contributed by atoms with E-state index in [4.69, 9.17) is 0 Å². The fraction of sp³-hybridized carbons (Fsp3) is 0.364. The van der Waals surface area contributed by atoms with Gasteiger partial charge in [-0.2, -0.15) is 0 Å². The zero-order chi connectivity index (χ0) is 11.4. The van der Waals surface area contributed by atoms with Crippen molar-refractivity contribution in [1.29, 1.82) is 0 Å². The van der Waals surface area contributed by atoms with Crippen molar-refractivity contribution in [3.63, 3.8) is 0 Å². The van der Waals surface area contributed by atoms with Crippen molar-refractivity contribution in [1.82, 2.24) is 5.32 Å². The number of halogens is 2. The Kier molecular flexibility index (Phi) is 3.91. The van der Waals surface area contributed by atoms with Crippen molar-refractivity contribution in [2.45, 2.75) is 19.9 Å². The van der Waals surface area contributed by atoms with Crippen LogP contribution < -0.4 is 5.32 Å². The highest BCUT2D eigenvalue weighted by molar-refractivity contribution is 5.97. The normalized spacial score (nSPS) is 10.7. The van der Waals surface area contributed by atoms with Gasteiger partial charge in [-0.1, -0.05) is 13.8 Å². The highest BCUT2D eigenvalue weighted by Crippen LogP contribution is 2.09. The average molecular weight is 213 g/mol. The fourth-order valence-corrected chi connectivity index (χ4v) is 1.10. The molecule has 1 rings (SSSR count). The van der Waals surface area contributed by atoms with Gasteiger partial charge in [-0.05, 0) is 18.2 Å². The van der Waals surface area contributed by atoms with Gasteiger partial charge in [-0.15, -0.1) is 0 Å². The summed E-state index contributed by atoms with van der Waals surface area (Å²) in [4.78, 5) is 11.5.